The normalized spacial score (nSPS) is 15.7. The Balaban J connectivity index is 1.96. The summed E-state index contributed by atoms with van der Waals surface area (Å²) in [5.41, 5.74) is -0.208. The van der Waals surface area contributed by atoms with Crippen LogP contribution in [-0.4, -0.2) is 36.3 Å². The lowest BCUT2D eigenvalue weighted by atomic mass is 10.2. The Hall–Kier alpha value is -1.73. The molecule has 5 nitrogen and oxygen atoms in total. The molecule has 0 amide bonds. The molecule has 0 radical (unpaired) electrons. The topological polar surface area (TPSA) is 54.2 Å². The molecule has 0 saturated carbocycles. The van der Waals surface area contributed by atoms with Crippen LogP contribution in [0.5, 0.6) is 0 Å². The summed E-state index contributed by atoms with van der Waals surface area (Å²) < 4.78 is 32.1. The van der Waals surface area contributed by atoms with Crippen molar-refractivity contribution in [3.63, 3.8) is 0 Å². The second-order valence-corrected chi connectivity index (χ2v) is 4.76. The molecular weight excluding hydrogens is 290 g/mol. The van der Waals surface area contributed by atoms with Gasteiger partial charge in [0, 0.05) is 26.2 Å². The molecule has 0 unspecified atom stereocenters. The average molecular weight is 301 g/mol. The largest absolute Gasteiger partial charge is 0.336 e. The molecule has 0 aliphatic carbocycles. The van der Waals surface area contributed by atoms with Crippen molar-refractivity contribution in [1.29, 1.82) is 0 Å². The molecular formula is C12H11ClF2N4O. The summed E-state index contributed by atoms with van der Waals surface area (Å²) in [5.74, 6) is -1.87. The Labute approximate surface area is 118 Å². The van der Waals surface area contributed by atoms with Crippen molar-refractivity contribution in [3.05, 3.63) is 28.8 Å². The number of nitrogens with zero attached hydrogens (tertiary/aromatic N) is 3. The average Bonchev–Trinajstić information content (AvgIpc) is 2.94. The fourth-order valence-electron chi connectivity index (χ4n) is 2.03. The van der Waals surface area contributed by atoms with E-state index in [0.29, 0.717) is 5.95 Å². The first-order valence-electron chi connectivity index (χ1n) is 6.10. The van der Waals surface area contributed by atoms with Crippen molar-refractivity contribution >= 4 is 17.5 Å². The van der Waals surface area contributed by atoms with E-state index in [9.17, 15) is 8.78 Å². The van der Waals surface area contributed by atoms with Crippen LogP contribution in [0.25, 0.3) is 11.5 Å². The summed E-state index contributed by atoms with van der Waals surface area (Å²) in [6.07, 6.45) is 0. The standard InChI is InChI=1S/C12H11ClF2N4O/c13-7-1-2-8(14)10(15)9(7)11-17-12(18-20-11)19-5-3-16-4-6-19/h1-2,16H,3-6H2. The molecule has 0 spiro atoms. The van der Waals surface area contributed by atoms with Crippen LogP contribution in [0.3, 0.4) is 0 Å². The van der Waals surface area contributed by atoms with E-state index in [1.807, 2.05) is 4.90 Å². The van der Waals surface area contributed by atoms with E-state index in [2.05, 4.69) is 15.5 Å². The maximum atomic E-state index is 13.8. The fourth-order valence-corrected chi connectivity index (χ4v) is 2.26. The number of hydrogen-bond donors (Lipinski definition) is 1. The minimum Gasteiger partial charge on any atom is -0.336 e. The second-order valence-electron chi connectivity index (χ2n) is 4.35. The predicted molar refractivity (Wildman–Crippen MR) is 69.7 cm³/mol. The van der Waals surface area contributed by atoms with Crippen LogP contribution in [0.4, 0.5) is 14.7 Å². The van der Waals surface area contributed by atoms with Gasteiger partial charge in [-0.2, -0.15) is 4.98 Å². The summed E-state index contributed by atoms with van der Waals surface area (Å²) in [5, 5.41) is 7.01. The van der Waals surface area contributed by atoms with E-state index in [0.717, 1.165) is 32.2 Å². The lowest BCUT2D eigenvalue weighted by Gasteiger charge is -2.25. The molecule has 1 aromatic heterocycles. The van der Waals surface area contributed by atoms with E-state index in [-0.39, 0.29) is 16.5 Å². The quantitative estimate of drug-likeness (QED) is 0.861. The summed E-state index contributed by atoms with van der Waals surface area (Å²) in [6.45, 7) is 3.05. The number of benzene rings is 1. The van der Waals surface area contributed by atoms with Crippen LogP contribution in [0.15, 0.2) is 16.7 Å². The third-order valence-corrected chi connectivity index (χ3v) is 3.39. The number of nitrogens with one attached hydrogen (secondary N) is 1. The maximum absolute atomic E-state index is 13.8. The molecule has 1 aliphatic heterocycles. The van der Waals surface area contributed by atoms with Gasteiger partial charge in [0.1, 0.15) is 0 Å². The molecule has 1 N–H and O–H groups in total. The highest BCUT2D eigenvalue weighted by Crippen LogP contribution is 2.31. The van der Waals surface area contributed by atoms with Crippen LogP contribution in [0, 0.1) is 11.6 Å². The molecule has 1 aliphatic rings. The number of piperazine rings is 1. The molecule has 20 heavy (non-hydrogen) atoms. The maximum Gasteiger partial charge on any atom is 0.266 e. The Morgan fingerprint density at radius 1 is 1.25 bits per heavy atom. The molecule has 2 heterocycles. The zero-order chi connectivity index (χ0) is 14.1. The zero-order valence-corrected chi connectivity index (χ0v) is 11.1. The van der Waals surface area contributed by atoms with Crippen molar-refractivity contribution in [2.24, 2.45) is 0 Å². The van der Waals surface area contributed by atoms with Crippen molar-refractivity contribution in [3.8, 4) is 11.5 Å². The first-order chi connectivity index (χ1) is 9.66. The van der Waals surface area contributed by atoms with E-state index in [1.165, 1.54) is 6.07 Å². The first kappa shape index (κ1) is 13.3. The Bertz CT molecular complexity index is 628. The molecule has 1 aromatic carbocycles. The van der Waals surface area contributed by atoms with Gasteiger partial charge in [0.2, 0.25) is 0 Å². The summed E-state index contributed by atoms with van der Waals surface area (Å²) in [6, 6.07) is 2.21. The number of halogens is 3. The number of aromatic nitrogens is 2. The lowest BCUT2D eigenvalue weighted by Crippen LogP contribution is -2.44. The Morgan fingerprint density at radius 2 is 2.00 bits per heavy atom. The molecule has 1 saturated heterocycles. The number of rotatable bonds is 2. The molecule has 0 bridgehead atoms. The monoisotopic (exact) mass is 300 g/mol. The summed E-state index contributed by atoms with van der Waals surface area (Å²) in [4.78, 5) is 5.99. The third kappa shape index (κ3) is 2.34. The molecule has 106 valence electrons. The SMILES string of the molecule is Fc1ccc(Cl)c(-c2nc(N3CCNCC3)no2)c1F. The van der Waals surface area contributed by atoms with Gasteiger partial charge in [-0.05, 0) is 17.3 Å². The lowest BCUT2D eigenvalue weighted by molar-refractivity contribution is 0.422. The van der Waals surface area contributed by atoms with Gasteiger partial charge >= 0.3 is 0 Å². The molecule has 3 rings (SSSR count). The van der Waals surface area contributed by atoms with Crippen molar-refractivity contribution in [2.75, 3.05) is 31.1 Å². The summed E-state index contributed by atoms with van der Waals surface area (Å²) >= 11 is 5.87. The van der Waals surface area contributed by atoms with Crippen molar-refractivity contribution < 1.29 is 13.3 Å². The predicted octanol–water partition coefficient (Wildman–Crippen LogP) is 2.08. The Kier molecular flexibility index (Phi) is 3.54. The van der Waals surface area contributed by atoms with Gasteiger partial charge in [-0.15, -0.1) is 0 Å². The van der Waals surface area contributed by atoms with Gasteiger partial charge in [-0.25, -0.2) is 8.78 Å². The van der Waals surface area contributed by atoms with Crippen LogP contribution >= 0.6 is 11.6 Å². The smallest absolute Gasteiger partial charge is 0.266 e. The van der Waals surface area contributed by atoms with Crippen LogP contribution in [-0.2, 0) is 0 Å². The first-order valence-corrected chi connectivity index (χ1v) is 6.48. The molecule has 1 fully saturated rings. The van der Waals surface area contributed by atoms with Crippen molar-refractivity contribution in [1.82, 2.24) is 15.5 Å². The van der Waals surface area contributed by atoms with Gasteiger partial charge in [0.05, 0.1) is 10.6 Å². The van der Waals surface area contributed by atoms with Gasteiger partial charge in [0.15, 0.2) is 11.6 Å². The number of anilines is 1. The van der Waals surface area contributed by atoms with Gasteiger partial charge in [-0.3, -0.25) is 0 Å². The minimum absolute atomic E-state index is 0.0272. The van der Waals surface area contributed by atoms with Crippen molar-refractivity contribution in [2.45, 2.75) is 0 Å². The van der Waals surface area contributed by atoms with E-state index in [4.69, 9.17) is 16.1 Å². The molecule has 0 atom stereocenters. The highest BCUT2D eigenvalue weighted by atomic mass is 35.5. The van der Waals surface area contributed by atoms with Gasteiger partial charge in [0.25, 0.3) is 11.8 Å². The van der Waals surface area contributed by atoms with E-state index < -0.39 is 11.6 Å². The molecule has 8 heteroatoms. The summed E-state index contributed by atoms with van der Waals surface area (Å²) in [7, 11) is 0. The van der Waals surface area contributed by atoms with Crippen LogP contribution in [0.2, 0.25) is 5.02 Å². The highest BCUT2D eigenvalue weighted by Gasteiger charge is 2.22. The number of hydrogen-bond acceptors (Lipinski definition) is 5. The zero-order valence-electron chi connectivity index (χ0n) is 10.4. The third-order valence-electron chi connectivity index (χ3n) is 3.07. The Morgan fingerprint density at radius 3 is 2.75 bits per heavy atom. The molecule has 2 aromatic rings. The van der Waals surface area contributed by atoms with E-state index >= 15 is 0 Å². The van der Waals surface area contributed by atoms with Crippen LogP contribution in [0.1, 0.15) is 0 Å². The minimum atomic E-state index is -1.09. The van der Waals surface area contributed by atoms with E-state index in [1.54, 1.807) is 0 Å². The highest BCUT2D eigenvalue weighted by molar-refractivity contribution is 6.33. The second kappa shape index (κ2) is 5.34. The van der Waals surface area contributed by atoms with Gasteiger partial charge < -0.3 is 14.7 Å². The van der Waals surface area contributed by atoms with Crippen LogP contribution < -0.4 is 10.2 Å². The van der Waals surface area contributed by atoms with Gasteiger partial charge in [-0.1, -0.05) is 11.6 Å². The fraction of sp³-hybridized carbons (Fsp3) is 0.333.